The molecule has 0 bridgehead atoms. The lowest BCUT2D eigenvalue weighted by Crippen LogP contribution is -2.37. The van der Waals surface area contributed by atoms with Crippen molar-refractivity contribution in [1.29, 1.82) is 0 Å². The fourth-order valence-corrected chi connectivity index (χ4v) is 3.68. The summed E-state index contributed by atoms with van der Waals surface area (Å²) >= 11 is 1.18. The Morgan fingerprint density at radius 3 is 2.69 bits per heavy atom. The summed E-state index contributed by atoms with van der Waals surface area (Å²) in [6.45, 7) is 4.46. The van der Waals surface area contributed by atoms with Crippen molar-refractivity contribution < 1.29 is 29.0 Å². The van der Waals surface area contributed by atoms with Gasteiger partial charge in [-0.3, -0.25) is 14.4 Å². The number of nitrogens with one attached hydrogen (secondary N) is 2. The molecule has 0 saturated heterocycles. The molecule has 144 valence electrons. The van der Waals surface area contributed by atoms with Crippen molar-refractivity contribution in [1.82, 2.24) is 5.32 Å². The summed E-state index contributed by atoms with van der Waals surface area (Å²) in [5.74, 6) is -2.40. The Morgan fingerprint density at radius 2 is 2.04 bits per heavy atom. The number of carbonyl (C=O) groups is 3. The Balaban J connectivity index is 2.05. The normalized spacial score (nSPS) is 15.2. The predicted molar refractivity (Wildman–Crippen MR) is 95.0 cm³/mol. The lowest BCUT2D eigenvalue weighted by molar-refractivity contribution is -0.136. The van der Waals surface area contributed by atoms with Crippen LogP contribution in [0.1, 0.15) is 34.6 Å². The molecule has 10 heteroatoms. The van der Waals surface area contributed by atoms with Crippen LogP contribution in [0, 0.1) is 0 Å². The number of thiophene rings is 1. The molecule has 2 heterocycles. The van der Waals surface area contributed by atoms with E-state index in [2.05, 4.69) is 10.6 Å². The van der Waals surface area contributed by atoms with Crippen molar-refractivity contribution in [2.24, 2.45) is 5.73 Å². The second-order valence-corrected chi connectivity index (χ2v) is 7.45. The lowest BCUT2D eigenvalue weighted by Gasteiger charge is -2.30. The number of fused-ring (bicyclic) bond motifs is 1. The molecule has 2 rings (SSSR count). The standard InChI is InChI=1S/C16H23N3O6S/c1-16(2)7-9-10(8-25-16)26-15(11(9)12(17)21)19-14(23)13(22)18-3-5-24-6-4-20/h20H,3-8H2,1-2H3,(H2,17,21)(H,18,22)(H,19,23). The van der Waals surface area contributed by atoms with Gasteiger partial charge in [0.1, 0.15) is 5.00 Å². The Bertz CT molecular complexity index is 700. The average molecular weight is 385 g/mol. The number of primary amides is 1. The van der Waals surface area contributed by atoms with E-state index in [1.807, 2.05) is 13.8 Å². The summed E-state index contributed by atoms with van der Waals surface area (Å²) in [6, 6.07) is 0. The van der Waals surface area contributed by atoms with Crippen LogP contribution in [-0.2, 0) is 32.1 Å². The molecule has 1 aromatic heterocycles. The van der Waals surface area contributed by atoms with Gasteiger partial charge in [-0.15, -0.1) is 11.3 Å². The van der Waals surface area contributed by atoms with Crippen LogP contribution in [0.4, 0.5) is 5.00 Å². The summed E-state index contributed by atoms with van der Waals surface area (Å²) in [7, 11) is 0. The summed E-state index contributed by atoms with van der Waals surface area (Å²) in [6.07, 6.45) is 0.487. The maximum absolute atomic E-state index is 12.1. The molecule has 0 spiro atoms. The monoisotopic (exact) mass is 385 g/mol. The van der Waals surface area contributed by atoms with E-state index in [0.29, 0.717) is 13.0 Å². The van der Waals surface area contributed by atoms with Gasteiger partial charge in [0.05, 0.1) is 37.6 Å². The fourth-order valence-electron chi connectivity index (χ4n) is 2.55. The molecule has 5 N–H and O–H groups in total. The number of aliphatic hydroxyl groups is 1. The third kappa shape index (κ3) is 5.01. The van der Waals surface area contributed by atoms with E-state index in [9.17, 15) is 14.4 Å². The van der Waals surface area contributed by atoms with E-state index in [4.69, 9.17) is 20.3 Å². The zero-order valence-corrected chi connectivity index (χ0v) is 15.5. The zero-order chi connectivity index (χ0) is 19.3. The molecule has 1 aromatic rings. The van der Waals surface area contributed by atoms with Crippen LogP contribution < -0.4 is 16.4 Å². The summed E-state index contributed by atoms with van der Waals surface area (Å²) in [5.41, 5.74) is 6.04. The van der Waals surface area contributed by atoms with Crippen molar-refractivity contribution in [3.8, 4) is 0 Å². The first kappa shape index (κ1) is 20.3. The van der Waals surface area contributed by atoms with Gasteiger partial charge in [-0.25, -0.2) is 0 Å². The van der Waals surface area contributed by atoms with E-state index >= 15 is 0 Å². The molecule has 0 aliphatic carbocycles. The highest BCUT2D eigenvalue weighted by Crippen LogP contribution is 2.40. The largest absolute Gasteiger partial charge is 0.394 e. The quantitative estimate of drug-likeness (QED) is 0.377. The minimum atomic E-state index is -0.895. The highest BCUT2D eigenvalue weighted by atomic mass is 32.1. The van der Waals surface area contributed by atoms with Crippen LogP contribution in [0.15, 0.2) is 0 Å². The highest BCUT2D eigenvalue weighted by molar-refractivity contribution is 7.17. The molecule has 26 heavy (non-hydrogen) atoms. The lowest BCUT2D eigenvalue weighted by atomic mass is 9.93. The Kier molecular flexibility index (Phi) is 6.70. The number of hydrogen-bond acceptors (Lipinski definition) is 7. The van der Waals surface area contributed by atoms with Crippen molar-refractivity contribution in [3.05, 3.63) is 16.0 Å². The minimum absolute atomic E-state index is 0.117. The molecular weight excluding hydrogens is 362 g/mol. The second-order valence-electron chi connectivity index (χ2n) is 6.34. The van der Waals surface area contributed by atoms with Gasteiger partial charge in [0, 0.05) is 17.8 Å². The maximum Gasteiger partial charge on any atom is 0.314 e. The second kappa shape index (κ2) is 8.58. The van der Waals surface area contributed by atoms with Crippen LogP contribution in [0.5, 0.6) is 0 Å². The van der Waals surface area contributed by atoms with Gasteiger partial charge < -0.3 is 30.9 Å². The summed E-state index contributed by atoms with van der Waals surface area (Å²) in [5, 5.41) is 13.7. The summed E-state index contributed by atoms with van der Waals surface area (Å²) in [4.78, 5) is 36.6. The highest BCUT2D eigenvalue weighted by Gasteiger charge is 2.33. The zero-order valence-electron chi connectivity index (χ0n) is 14.7. The van der Waals surface area contributed by atoms with Crippen LogP contribution in [-0.4, -0.2) is 54.8 Å². The van der Waals surface area contributed by atoms with Crippen molar-refractivity contribution >= 4 is 34.1 Å². The average Bonchev–Trinajstić information content (AvgIpc) is 2.90. The number of amides is 3. The van der Waals surface area contributed by atoms with Crippen LogP contribution in [0.3, 0.4) is 0 Å². The molecule has 0 aromatic carbocycles. The van der Waals surface area contributed by atoms with E-state index in [0.717, 1.165) is 10.4 Å². The van der Waals surface area contributed by atoms with Gasteiger partial charge in [0.2, 0.25) is 0 Å². The molecule has 1 aliphatic heterocycles. The molecule has 0 atom stereocenters. The first-order valence-electron chi connectivity index (χ1n) is 8.11. The van der Waals surface area contributed by atoms with Gasteiger partial charge in [-0.1, -0.05) is 0 Å². The molecule has 0 saturated carbocycles. The van der Waals surface area contributed by atoms with Gasteiger partial charge in [-0.2, -0.15) is 0 Å². The number of nitrogens with two attached hydrogens (primary N) is 1. The van der Waals surface area contributed by atoms with Crippen LogP contribution in [0.25, 0.3) is 0 Å². The van der Waals surface area contributed by atoms with Crippen molar-refractivity contribution in [2.45, 2.75) is 32.5 Å². The van der Waals surface area contributed by atoms with E-state index in [-0.39, 0.29) is 36.9 Å². The molecule has 0 fully saturated rings. The maximum atomic E-state index is 12.1. The molecule has 9 nitrogen and oxygen atoms in total. The molecule has 0 unspecified atom stereocenters. The molecule has 1 aliphatic rings. The fraction of sp³-hybridized carbons (Fsp3) is 0.562. The third-order valence-electron chi connectivity index (χ3n) is 3.73. The number of anilines is 1. The van der Waals surface area contributed by atoms with E-state index in [1.165, 1.54) is 11.3 Å². The molecular formula is C16H23N3O6S. The predicted octanol–water partition coefficient (Wildman–Crippen LogP) is -0.238. The topological polar surface area (TPSA) is 140 Å². The molecule has 0 radical (unpaired) electrons. The number of aliphatic hydroxyl groups excluding tert-OH is 1. The first-order chi connectivity index (χ1) is 12.2. The SMILES string of the molecule is CC1(C)Cc2c(sc(NC(=O)C(=O)NCCOCCO)c2C(N)=O)CO1. The van der Waals surface area contributed by atoms with E-state index < -0.39 is 23.3 Å². The number of hydrogen-bond donors (Lipinski definition) is 4. The van der Waals surface area contributed by atoms with Gasteiger partial charge >= 0.3 is 11.8 Å². The smallest absolute Gasteiger partial charge is 0.314 e. The van der Waals surface area contributed by atoms with Crippen LogP contribution in [0.2, 0.25) is 0 Å². The van der Waals surface area contributed by atoms with Gasteiger partial charge in [0.25, 0.3) is 5.91 Å². The Morgan fingerprint density at radius 1 is 1.31 bits per heavy atom. The van der Waals surface area contributed by atoms with Gasteiger partial charge in [-0.05, 0) is 19.4 Å². The Hall–Kier alpha value is -2.01. The van der Waals surface area contributed by atoms with Crippen LogP contribution >= 0.6 is 11.3 Å². The number of carbonyl (C=O) groups excluding carboxylic acids is 3. The number of rotatable bonds is 7. The Labute approximate surface area is 154 Å². The summed E-state index contributed by atoms with van der Waals surface area (Å²) < 4.78 is 10.7. The number of ether oxygens (including phenoxy) is 2. The van der Waals surface area contributed by atoms with Gasteiger partial charge in [0.15, 0.2) is 0 Å². The molecule has 3 amide bonds. The first-order valence-corrected chi connectivity index (χ1v) is 8.93. The minimum Gasteiger partial charge on any atom is -0.394 e. The third-order valence-corrected chi connectivity index (χ3v) is 4.86. The van der Waals surface area contributed by atoms with Crippen molar-refractivity contribution in [2.75, 3.05) is 31.7 Å². The van der Waals surface area contributed by atoms with E-state index in [1.54, 1.807) is 0 Å². The van der Waals surface area contributed by atoms with Crippen molar-refractivity contribution in [3.63, 3.8) is 0 Å².